The molecule has 0 bridgehead atoms. The lowest BCUT2D eigenvalue weighted by atomic mass is 10.2. The van der Waals surface area contributed by atoms with Gasteiger partial charge in [-0.15, -0.1) is 0 Å². The van der Waals surface area contributed by atoms with Gasteiger partial charge in [0.2, 0.25) is 0 Å². The van der Waals surface area contributed by atoms with E-state index in [1.165, 1.54) is 6.07 Å². The van der Waals surface area contributed by atoms with Crippen molar-refractivity contribution in [2.45, 2.75) is 20.0 Å². The molecule has 6 nitrogen and oxygen atoms in total. The lowest BCUT2D eigenvalue weighted by Gasteiger charge is -2.05. The summed E-state index contributed by atoms with van der Waals surface area (Å²) in [6.07, 6.45) is 0.676. The van der Waals surface area contributed by atoms with E-state index in [0.29, 0.717) is 18.1 Å². The minimum atomic E-state index is -1.04. The van der Waals surface area contributed by atoms with E-state index in [2.05, 4.69) is 10.1 Å². The number of carbonyl (C=O) groups is 1. The fraction of sp³-hybridized carbons (Fsp3) is 0.250. The highest BCUT2D eigenvalue weighted by atomic mass is 16.5. The molecule has 1 N–H and O–H groups in total. The molecule has 0 spiro atoms. The minimum absolute atomic E-state index is 0.0529. The first-order valence-corrected chi connectivity index (χ1v) is 5.47. The highest BCUT2D eigenvalue weighted by Crippen LogP contribution is 2.18. The summed E-state index contributed by atoms with van der Waals surface area (Å²) >= 11 is 0. The number of aryl methyl sites for hydroxylation is 1. The molecule has 0 saturated carbocycles. The average molecular weight is 248 g/mol. The monoisotopic (exact) mass is 248 g/mol. The standard InChI is InChI=1S/C12H12N2O4/c1-2-10-13-11(18-14-10)7-17-9-6-4-3-5-8(9)12(15)16/h3-6H,2,7H2,1H3,(H,15,16). The third-order valence-corrected chi connectivity index (χ3v) is 2.29. The lowest BCUT2D eigenvalue weighted by molar-refractivity contribution is 0.0691. The van der Waals surface area contributed by atoms with Crippen LogP contribution in [-0.2, 0) is 13.0 Å². The van der Waals surface area contributed by atoms with Crippen molar-refractivity contribution in [1.29, 1.82) is 0 Å². The van der Waals surface area contributed by atoms with Crippen LogP contribution in [0.2, 0.25) is 0 Å². The fourth-order valence-corrected chi connectivity index (χ4v) is 1.40. The van der Waals surface area contributed by atoms with Crippen molar-refractivity contribution in [1.82, 2.24) is 10.1 Å². The van der Waals surface area contributed by atoms with Crippen LogP contribution in [0.3, 0.4) is 0 Å². The van der Waals surface area contributed by atoms with Crippen molar-refractivity contribution < 1.29 is 19.2 Å². The molecule has 0 atom stereocenters. The molecule has 2 rings (SSSR count). The van der Waals surface area contributed by atoms with Crippen molar-refractivity contribution in [3.8, 4) is 5.75 Å². The average Bonchev–Trinajstić information content (AvgIpc) is 2.84. The smallest absolute Gasteiger partial charge is 0.339 e. The largest absolute Gasteiger partial charge is 0.483 e. The highest BCUT2D eigenvalue weighted by Gasteiger charge is 2.12. The zero-order valence-corrected chi connectivity index (χ0v) is 9.79. The summed E-state index contributed by atoms with van der Waals surface area (Å²) in [6, 6.07) is 6.40. The topological polar surface area (TPSA) is 85.5 Å². The Morgan fingerprint density at radius 2 is 2.22 bits per heavy atom. The quantitative estimate of drug-likeness (QED) is 0.869. The van der Waals surface area contributed by atoms with Gasteiger partial charge in [0, 0.05) is 6.42 Å². The summed E-state index contributed by atoms with van der Waals surface area (Å²) in [4.78, 5) is 15.0. The molecule has 1 heterocycles. The molecule has 6 heteroatoms. The van der Waals surface area contributed by atoms with E-state index in [1.807, 2.05) is 6.92 Å². The van der Waals surface area contributed by atoms with Crippen LogP contribution >= 0.6 is 0 Å². The molecule has 2 aromatic rings. The first-order valence-electron chi connectivity index (χ1n) is 5.47. The number of hydrogen-bond donors (Lipinski definition) is 1. The van der Waals surface area contributed by atoms with Crippen LogP contribution < -0.4 is 4.74 Å². The molecule has 1 aromatic carbocycles. The predicted octanol–water partition coefficient (Wildman–Crippen LogP) is 1.91. The van der Waals surface area contributed by atoms with Gasteiger partial charge in [-0.1, -0.05) is 24.2 Å². The maximum atomic E-state index is 11.0. The Kier molecular flexibility index (Phi) is 3.57. The van der Waals surface area contributed by atoms with Crippen LogP contribution in [0.15, 0.2) is 28.8 Å². The molecule has 0 aliphatic rings. The third kappa shape index (κ3) is 2.65. The van der Waals surface area contributed by atoms with Crippen molar-refractivity contribution in [2.75, 3.05) is 0 Å². The number of nitrogens with zero attached hydrogens (tertiary/aromatic N) is 2. The number of ether oxygens (including phenoxy) is 1. The lowest BCUT2D eigenvalue weighted by Crippen LogP contribution is -2.03. The Morgan fingerprint density at radius 1 is 1.44 bits per heavy atom. The number of carboxylic acid groups (broad SMARTS) is 1. The predicted molar refractivity (Wildman–Crippen MR) is 61.4 cm³/mol. The van der Waals surface area contributed by atoms with E-state index < -0.39 is 5.97 Å². The van der Waals surface area contributed by atoms with Crippen LogP contribution in [0.5, 0.6) is 5.75 Å². The summed E-state index contributed by atoms with van der Waals surface area (Å²) in [6.45, 7) is 1.96. The van der Waals surface area contributed by atoms with Gasteiger partial charge in [-0.25, -0.2) is 4.79 Å². The maximum Gasteiger partial charge on any atom is 0.339 e. The molecule has 94 valence electrons. The Labute approximate surface area is 103 Å². The van der Waals surface area contributed by atoms with Crippen LogP contribution in [0, 0.1) is 0 Å². The number of hydrogen-bond acceptors (Lipinski definition) is 5. The number of benzene rings is 1. The van der Waals surface area contributed by atoms with Crippen LogP contribution in [0.25, 0.3) is 0 Å². The first kappa shape index (κ1) is 12.1. The molecule has 18 heavy (non-hydrogen) atoms. The van der Waals surface area contributed by atoms with E-state index in [0.717, 1.165) is 0 Å². The first-order chi connectivity index (χ1) is 8.70. The minimum Gasteiger partial charge on any atom is -0.483 e. The third-order valence-electron chi connectivity index (χ3n) is 2.29. The zero-order chi connectivity index (χ0) is 13.0. The number of para-hydroxylation sites is 1. The van der Waals surface area contributed by atoms with Gasteiger partial charge in [0.05, 0.1) is 0 Å². The molecular formula is C12H12N2O4. The van der Waals surface area contributed by atoms with E-state index in [9.17, 15) is 4.79 Å². The van der Waals surface area contributed by atoms with Crippen LogP contribution in [0.4, 0.5) is 0 Å². The molecular weight excluding hydrogens is 236 g/mol. The Bertz CT molecular complexity index is 551. The SMILES string of the molecule is CCc1noc(COc2ccccc2C(=O)O)n1. The van der Waals surface area contributed by atoms with Crippen LogP contribution in [0.1, 0.15) is 29.0 Å². The molecule has 1 aromatic heterocycles. The second-order valence-electron chi connectivity index (χ2n) is 3.55. The van der Waals surface area contributed by atoms with E-state index in [-0.39, 0.29) is 17.9 Å². The molecule has 0 saturated heterocycles. The van der Waals surface area contributed by atoms with Gasteiger partial charge in [0.1, 0.15) is 11.3 Å². The molecule has 0 unspecified atom stereocenters. The van der Waals surface area contributed by atoms with E-state index in [1.54, 1.807) is 18.2 Å². The Morgan fingerprint density at radius 3 is 2.89 bits per heavy atom. The van der Waals surface area contributed by atoms with Gasteiger partial charge in [-0.3, -0.25) is 0 Å². The summed E-state index contributed by atoms with van der Waals surface area (Å²) in [5.74, 6) is 0.166. The molecule has 0 amide bonds. The normalized spacial score (nSPS) is 10.3. The molecule has 0 aliphatic heterocycles. The summed E-state index contributed by atoms with van der Waals surface area (Å²) in [5, 5.41) is 12.7. The van der Waals surface area contributed by atoms with Gasteiger partial charge in [-0.2, -0.15) is 4.98 Å². The van der Waals surface area contributed by atoms with Gasteiger partial charge in [-0.05, 0) is 12.1 Å². The summed E-state index contributed by atoms with van der Waals surface area (Å²) in [5.41, 5.74) is 0.104. The molecule has 0 aliphatic carbocycles. The Hall–Kier alpha value is -2.37. The van der Waals surface area contributed by atoms with Crippen molar-refractivity contribution in [3.63, 3.8) is 0 Å². The van der Waals surface area contributed by atoms with Gasteiger partial charge in [0.15, 0.2) is 12.4 Å². The van der Waals surface area contributed by atoms with Crippen molar-refractivity contribution >= 4 is 5.97 Å². The molecule has 0 fully saturated rings. The van der Waals surface area contributed by atoms with E-state index in [4.69, 9.17) is 14.4 Å². The summed E-state index contributed by atoms with van der Waals surface area (Å²) in [7, 11) is 0. The van der Waals surface area contributed by atoms with Crippen molar-refractivity contribution in [2.24, 2.45) is 0 Å². The second kappa shape index (κ2) is 5.31. The Balaban J connectivity index is 2.08. The van der Waals surface area contributed by atoms with Crippen LogP contribution in [-0.4, -0.2) is 21.2 Å². The highest BCUT2D eigenvalue weighted by molar-refractivity contribution is 5.90. The second-order valence-corrected chi connectivity index (χ2v) is 3.55. The van der Waals surface area contributed by atoms with Gasteiger partial charge >= 0.3 is 5.97 Å². The maximum absolute atomic E-state index is 11.0. The number of rotatable bonds is 5. The zero-order valence-electron chi connectivity index (χ0n) is 9.79. The number of aromatic nitrogens is 2. The fourth-order valence-electron chi connectivity index (χ4n) is 1.40. The van der Waals surface area contributed by atoms with E-state index >= 15 is 0 Å². The van der Waals surface area contributed by atoms with Crippen molar-refractivity contribution in [3.05, 3.63) is 41.5 Å². The number of carboxylic acids is 1. The number of aromatic carboxylic acids is 1. The van der Waals surface area contributed by atoms with Gasteiger partial charge in [0.25, 0.3) is 5.89 Å². The summed E-state index contributed by atoms with van der Waals surface area (Å²) < 4.78 is 10.3. The van der Waals surface area contributed by atoms with Gasteiger partial charge < -0.3 is 14.4 Å². The molecule has 0 radical (unpaired) electrons.